The summed E-state index contributed by atoms with van der Waals surface area (Å²) in [6.45, 7) is 9.16. The van der Waals surface area contributed by atoms with Gasteiger partial charge in [0.2, 0.25) is 5.91 Å². The number of piperidine rings is 1. The molecular formula is C29H37N5O. The Morgan fingerprint density at radius 1 is 1.20 bits per heavy atom. The van der Waals surface area contributed by atoms with Crippen LogP contribution in [0.25, 0.3) is 22.4 Å². The number of hydrogen-bond acceptors (Lipinski definition) is 5. The molecule has 1 fully saturated rings. The van der Waals surface area contributed by atoms with Gasteiger partial charge in [-0.3, -0.25) is 9.79 Å². The van der Waals surface area contributed by atoms with Gasteiger partial charge in [-0.15, -0.1) is 0 Å². The number of hydrogen-bond donors (Lipinski definition) is 1. The summed E-state index contributed by atoms with van der Waals surface area (Å²) in [4.78, 5) is 25.0. The maximum Gasteiger partial charge on any atom is 0.219 e. The Kier molecular flexibility index (Phi) is 9.01. The molecule has 1 saturated heterocycles. The predicted molar refractivity (Wildman–Crippen MR) is 148 cm³/mol. The first-order chi connectivity index (χ1) is 16.9. The summed E-state index contributed by atoms with van der Waals surface area (Å²) in [5.74, 6) is 0.983. The Bertz CT molecular complexity index is 1140. The molecule has 0 bridgehead atoms. The van der Waals surface area contributed by atoms with E-state index in [2.05, 4.69) is 65.6 Å². The SMILES string of the molecule is C=C/C(=C\N(C)C)c1cccc(-c2ccc(/C(C=NC)=C/C)c(NC3CCN(C(C)=O)CC3)n2)c1. The van der Waals surface area contributed by atoms with Gasteiger partial charge in [-0.2, -0.15) is 0 Å². The molecule has 1 N–H and O–H groups in total. The number of aromatic nitrogens is 1. The van der Waals surface area contributed by atoms with Crippen LogP contribution >= 0.6 is 0 Å². The van der Waals surface area contributed by atoms with E-state index in [-0.39, 0.29) is 11.9 Å². The van der Waals surface area contributed by atoms with Crippen LogP contribution in [0.3, 0.4) is 0 Å². The van der Waals surface area contributed by atoms with Gasteiger partial charge < -0.3 is 15.1 Å². The van der Waals surface area contributed by atoms with Gasteiger partial charge in [0.05, 0.1) is 5.69 Å². The van der Waals surface area contributed by atoms with Crippen molar-refractivity contribution in [3.8, 4) is 11.3 Å². The van der Waals surface area contributed by atoms with E-state index in [1.807, 2.05) is 43.1 Å². The second-order valence-electron chi connectivity index (χ2n) is 8.98. The van der Waals surface area contributed by atoms with Gasteiger partial charge in [0, 0.05) is 70.7 Å². The highest BCUT2D eigenvalue weighted by atomic mass is 16.2. The second-order valence-corrected chi connectivity index (χ2v) is 8.98. The van der Waals surface area contributed by atoms with Crippen molar-refractivity contribution in [1.82, 2.24) is 14.8 Å². The molecule has 2 heterocycles. The minimum absolute atomic E-state index is 0.140. The van der Waals surface area contributed by atoms with Crippen LogP contribution in [-0.4, -0.2) is 67.2 Å². The zero-order valence-electron chi connectivity index (χ0n) is 21.6. The summed E-state index contributed by atoms with van der Waals surface area (Å²) in [7, 11) is 5.79. The normalized spacial score (nSPS) is 15.4. The van der Waals surface area contributed by atoms with E-state index >= 15 is 0 Å². The van der Waals surface area contributed by atoms with Crippen LogP contribution in [0.1, 0.15) is 37.8 Å². The molecule has 1 aliphatic rings. The summed E-state index contributed by atoms with van der Waals surface area (Å²) in [6.07, 6.45) is 9.64. The van der Waals surface area contributed by atoms with Crippen molar-refractivity contribution in [3.63, 3.8) is 0 Å². The lowest BCUT2D eigenvalue weighted by molar-refractivity contribution is -0.129. The van der Waals surface area contributed by atoms with E-state index in [0.29, 0.717) is 0 Å². The first-order valence-electron chi connectivity index (χ1n) is 12.1. The molecule has 1 aromatic heterocycles. The number of carbonyl (C=O) groups is 1. The van der Waals surface area contributed by atoms with E-state index in [4.69, 9.17) is 4.98 Å². The van der Waals surface area contributed by atoms with Crippen molar-refractivity contribution < 1.29 is 4.79 Å². The van der Waals surface area contributed by atoms with Crippen LogP contribution in [0.2, 0.25) is 0 Å². The monoisotopic (exact) mass is 471 g/mol. The van der Waals surface area contributed by atoms with E-state index in [9.17, 15) is 4.79 Å². The van der Waals surface area contributed by atoms with Gasteiger partial charge >= 0.3 is 0 Å². The number of pyridine rings is 1. The van der Waals surface area contributed by atoms with Crippen LogP contribution in [-0.2, 0) is 4.79 Å². The van der Waals surface area contributed by atoms with E-state index < -0.39 is 0 Å². The highest BCUT2D eigenvalue weighted by Gasteiger charge is 2.22. The first kappa shape index (κ1) is 25.9. The number of aliphatic imine (C=N–C) groups is 1. The van der Waals surface area contributed by atoms with Gasteiger partial charge in [-0.05, 0) is 54.7 Å². The number of allylic oxidation sites excluding steroid dienone is 4. The largest absolute Gasteiger partial charge is 0.383 e. The first-order valence-corrected chi connectivity index (χ1v) is 12.1. The molecule has 2 aromatic rings. The van der Waals surface area contributed by atoms with Gasteiger partial charge in [-0.25, -0.2) is 4.98 Å². The fourth-order valence-electron chi connectivity index (χ4n) is 4.31. The highest BCUT2D eigenvalue weighted by Crippen LogP contribution is 2.29. The fourth-order valence-corrected chi connectivity index (χ4v) is 4.31. The van der Waals surface area contributed by atoms with Gasteiger partial charge in [0.15, 0.2) is 0 Å². The standard InChI is InChI=1S/C29H37N5O/c1-7-22(19-30-4)27-12-13-28(25-11-9-10-24(18-25)23(8-2)20-33(5)6)32-29(27)31-26-14-16-34(17-15-26)21(3)35/h7-13,18-20,26H,2,14-17H2,1,3-6H3,(H,31,32)/b22-7+,23-20+,30-19?. The molecule has 0 spiro atoms. The predicted octanol–water partition coefficient (Wildman–Crippen LogP) is 5.36. The van der Waals surface area contributed by atoms with Crippen LogP contribution in [0, 0.1) is 0 Å². The molecular weight excluding hydrogens is 434 g/mol. The molecule has 3 rings (SSSR count). The van der Waals surface area contributed by atoms with Crippen LogP contribution in [0.4, 0.5) is 5.82 Å². The Morgan fingerprint density at radius 3 is 2.54 bits per heavy atom. The average Bonchev–Trinajstić information content (AvgIpc) is 2.86. The van der Waals surface area contributed by atoms with Crippen molar-refractivity contribution in [2.24, 2.45) is 4.99 Å². The van der Waals surface area contributed by atoms with E-state index in [1.165, 1.54) is 0 Å². The van der Waals surface area contributed by atoms with Gasteiger partial charge in [0.25, 0.3) is 0 Å². The van der Waals surface area contributed by atoms with Crippen molar-refractivity contribution >= 4 is 29.1 Å². The Morgan fingerprint density at radius 2 is 1.94 bits per heavy atom. The second kappa shape index (κ2) is 12.2. The van der Waals surface area contributed by atoms with E-state index in [0.717, 1.165) is 65.3 Å². The van der Waals surface area contributed by atoms with Crippen molar-refractivity contribution in [2.45, 2.75) is 32.7 Å². The Balaban J connectivity index is 1.98. The quantitative estimate of drug-likeness (QED) is 0.416. The zero-order valence-corrected chi connectivity index (χ0v) is 21.6. The third-order valence-corrected chi connectivity index (χ3v) is 6.18. The maximum absolute atomic E-state index is 11.7. The molecule has 1 aromatic carbocycles. The summed E-state index contributed by atoms with van der Waals surface area (Å²) in [6, 6.07) is 12.8. The lowest BCUT2D eigenvalue weighted by Crippen LogP contribution is -2.41. The molecule has 184 valence electrons. The fraction of sp³-hybridized carbons (Fsp3) is 0.345. The Labute approximate surface area is 209 Å². The molecule has 0 saturated carbocycles. The van der Waals surface area contributed by atoms with Gasteiger partial charge in [-0.1, -0.05) is 36.9 Å². The van der Waals surface area contributed by atoms with E-state index in [1.54, 1.807) is 14.0 Å². The minimum Gasteiger partial charge on any atom is -0.383 e. The molecule has 0 atom stereocenters. The molecule has 1 aliphatic heterocycles. The van der Waals surface area contributed by atoms with Crippen molar-refractivity contribution in [1.29, 1.82) is 0 Å². The zero-order chi connectivity index (χ0) is 25.4. The molecule has 6 nitrogen and oxygen atoms in total. The molecule has 0 radical (unpaired) electrons. The average molecular weight is 472 g/mol. The topological polar surface area (TPSA) is 60.8 Å². The lowest BCUT2D eigenvalue weighted by Gasteiger charge is -2.32. The number of carbonyl (C=O) groups excluding carboxylic acids is 1. The molecule has 1 amide bonds. The van der Waals surface area contributed by atoms with Crippen LogP contribution in [0.15, 0.2) is 66.3 Å². The highest BCUT2D eigenvalue weighted by molar-refractivity contribution is 6.11. The summed E-state index contributed by atoms with van der Waals surface area (Å²) in [5, 5.41) is 3.68. The summed E-state index contributed by atoms with van der Waals surface area (Å²) in [5.41, 5.74) is 6.13. The third-order valence-electron chi connectivity index (χ3n) is 6.18. The lowest BCUT2D eigenvalue weighted by atomic mass is 10.00. The number of benzene rings is 1. The smallest absolute Gasteiger partial charge is 0.219 e. The molecule has 0 unspecified atom stereocenters. The summed E-state index contributed by atoms with van der Waals surface area (Å²) < 4.78 is 0. The van der Waals surface area contributed by atoms with Crippen molar-refractivity contribution in [2.75, 3.05) is 39.5 Å². The number of likely N-dealkylation sites (tertiary alicyclic amines) is 1. The molecule has 0 aliphatic carbocycles. The van der Waals surface area contributed by atoms with Gasteiger partial charge in [0.1, 0.15) is 5.82 Å². The maximum atomic E-state index is 11.7. The third kappa shape index (κ3) is 6.69. The number of nitrogens with zero attached hydrogens (tertiary/aromatic N) is 4. The number of nitrogens with one attached hydrogen (secondary N) is 1. The molecule has 35 heavy (non-hydrogen) atoms. The number of anilines is 1. The number of amides is 1. The van der Waals surface area contributed by atoms with Crippen LogP contribution < -0.4 is 5.32 Å². The van der Waals surface area contributed by atoms with Crippen molar-refractivity contribution in [3.05, 3.63) is 72.5 Å². The minimum atomic E-state index is 0.140. The van der Waals surface area contributed by atoms with Crippen LogP contribution in [0.5, 0.6) is 0 Å². The molecule has 6 heteroatoms. The Hall–Kier alpha value is -3.67. The number of rotatable bonds is 8. The summed E-state index contributed by atoms with van der Waals surface area (Å²) >= 11 is 0.